The highest BCUT2D eigenvalue weighted by atomic mass is 16.5. The molecule has 2 aromatic carbocycles. The van der Waals surface area contributed by atoms with E-state index in [4.69, 9.17) is 4.74 Å². The van der Waals surface area contributed by atoms with Gasteiger partial charge in [0, 0.05) is 33.1 Å². The molecule has 1 saturated heterocycles. The van der Waals surface area contributed by atoms with Crippen LogP contribution in [-0.4, -0.2) is 50.0 Å². The number of para-hydroxylation sites is 3. The number of carbonyl (C=O) groups is 2. The molecule has 1 N–H and O–H groups in total. The molecule has 3 rings (SSSR count). The molecule has 1 aliphatic heterocycles. The molecule has 2 amide bonds. The first-order valence-electron chi connectivity index (χ1n) is 8.64. The quantitative estimate of drug-likeness (QED) is 0.918. The van der Waals surface area contributed by atoms with Crippen molar-refractivity contribution in [2.45, 2.75) is 6.92 Å². The SMILES string of the molecule is COc1ccccc1N1CCN(C(=O)c2ccccc2NC(C)=O)CC1. The highest BCUT2D eigenvalue weighted by Gasteiger charge is 2.25. The molecular weight excluding hydrogens is 330 g/mol. The topological polar surface area (TPSA) is 61.9 Å². The van der Waals surface area contributed by atoms with Crippen molar-refractivity contribution in [3.63, 3.8) is 0 Å². The van der Waals surface area contributed by atoms with Crippen LogP contribution in [-0.2, 0) is 4.79 Å². The van der Waals surface area contributed by atoms with Crippen molar-refractivity contribution < 1.29 is 14.3 Å². The molecular formula is C20H23N3O3. The van der Waals surface area contributed by atoms with E-state index in [0.717, 1.165) is 24.5 Å². The maximum atomic E-state index is 12.9. The summed E-state index contributed by atoms with van der Waals surface area (Å²) < 4.78 is 5.43. The third-order valence-corrected chi connectivity index (χ3v) is 4.46. The average Bonchev–Trinajstić information content (AvgIpc) is 2.67. The number of carbonyl (C=O) groups excluding carboxylic acids is 2. The van der Waals surface area contributed by atoms with E-state index in [1.54, 1.807) is 19.2 Å². The number of piperazine rings is 1. The predicted octanol–water partition coefficient (Wildman–Crippen LogP) is 2.62. The number of nitrogens with zero attached hydrogens (tertiary/aromatic N) is 2. The Bertz CT molecular complexity index is 798. The Morgan fingerprint density at radius 3 is 2.31 bits per heavy atom. The molecule has 6 heteroatoms. The minimum Gasteiger partial charge on any atom is -0.495 e. The zero-order chi connectivity index (χ0) is 18.5. The Morgan fingerprint density at radius 1 is 0.962 bits per heavy atom. The van der Waals surface area contributed by atoms with Gasteiger partial charge >= 0.3 is 0 Å². The predicted molar refractivity (Wildman–Crippen MR) is 102 cm³/mol. The molecule has 1 heterocycles. The van der Waals surface area contributed by atoms with Crippen LogP contribution in [0.1, 0.15) is 17.3 Å². The van der Waals surface area contributed by atoms with Crippen molar-refractivity contribution in [2.75, 3.05) is 43.5 Å². The van der Waals surface area contributed by atoms with E-state index in [1.807, 2.05) is 41.3 Å². The lowest BCUT2D eigenvalue weighted by Gasteiger charge is -2.36. The Labute approximate surface area is 153 Å². The Morgan fingerprint density at radius 2 is 1.62 bits per heavy atom. The third-order valence-electron chi connectivity index (χ3n) is 4.46. The fourth-order valence-corrected chi connectivity index (χ4v) is 3.18. The summed E-state index contributed by atoms with van der Waals surface area (Å²) in [7, 11) is 1.66. The summed E-state index contributed by atoms with van der Waals surface area (Å²) in [6, 6.07) is 15.0. The van der Waals surface area contributed by atoms with E-state index in [9.17, 15) is 9.59 Å². The molecule has 0 saturated carbocycles. The zero-order valence-corrected chi connectivity index (χ0v) is 15.1. The highest BCUT2D eigenvalue weighted by molar-refractivity contribution is 6.03. The highest BCUT2D eigenvalue weighted by Crippen LogP contribution is 2.28. The van der Waals surface area contributed by atoms with Gasteiger partial charge in [0.05, 0.1) is 24.0 Å². The summed E-state index contributed by atoms with van der Waals surface area (Å²) in [4.78, 5) is 28.3. The van der Waals surface area contributed by atoms with Gasteiger partial charge in [-0.3, -0.25) is 9.59 Å². The number of ether oxygens (including phenoxy) is 1. The van der Waals surface area contributed by atoms with Gasteiger partial charge in [-0.2, -0.15) is 0 Å². The molecule has 0 unspecified atom stereocenters. The first kappa shape index (κ1) is 17.8. The molecule has 6 nitrogen and oxygen atoms in total. The molecule has 0 atom stereocenters. The molecule has 0 radical (unpaired) electrons. The normalized spacial score (nSPS) is 14.1. The van der Waals surface area contributed by atoms with Gasteiger partial charge in [-0.25, -0.2) is 0 Å². The van der Waals surface area contributed by atoms with Crippen LogP contribution in [0.5, 0.6) is 5.75 Å². The van der Waals surface area contributed by atoms with Gasteiger partial charge in [-0.15, -0.1) is 0 Å². The molecule has 0 aromatic heterocycles. The maximum Gasteiger partial charge on any atom is 0.256 e. The smallest absolute Gasteiger partial charge is 0.256 e. The molecule has 1 fully saturated rings. The summed E-state index contributed by atoms with van der Waals surface area (Å²) in [5, 5.41) is 2.73. The number of benzene rings is 2. The minimum absolute atomic E-state index is 0.0611. The van der Waals surface area contributed by atoms with Crippen LogP contribution >= 0.6 is 0 Å². The lowest BCUT2D eigenvalue weighted by Crippen LogP contribution is -2.49. The number of nitrogens with one attached hydrogen (secondary N) is 1. The van der Waals surface area contributed by atoms with Gasteiger partial charge < -0.3 is 19.9 Å². The van der Waals surface area contributed by atoms with Crippen molar-refractivity contribution in [1.82, 2.24) is 4.90 Å². The first-order valence-corrected chi connectivity index (χ1v) is 8.64. The van der Waals surface area contributed by atoms with Crippen LogP contribution in [0, 0.1) is 0 Å². The van der Waals surface area contributed by atoms with Crippen LogP contribution in [0.3, 0.4) is 0 Å². The molecule has 2 aromatic rings. The fraction of sp³-hybridized carbons (Fsp3) is 0.300. The number of rotatable bonds is 4. The molecule has 26 heavy (non-hydrogen) atoms. The second-order valence-corrected chi connectivity index (χ2v) is 6.18. The van der Waals surface area contributed by atoms with Crippen molar-refractivity contribution >= 4 is 23.2 Å². The van der Waals surface area contributed by atoms with Crippen molar-refractivity contribution in [1.29, 1.82) is 0 Å². The largest absolute Gasteiger partial charge is 0.495 e. The van der Waals surface area contributed by atoms with E-state index in [0.29, 0.717) is 24.3 Å². The third kappa shape index (κ3) is 3.79. The van der Waals surface area contributed by atoms with Crippen molar-refractivity contribution in [3.8, 4) is 5.75 Å². The lowest BCUT2D eigenvalue weighted by atomic mass is 10.1. The molecule has 1 aliphatic rings. The number of anilines is 2. The van der Waals surface area contributed by atoms with Gasteiger partial charge in [0.2, 0.25) is 5.91 Å². The first-order chi connectivity index (χ1) is 12.6. The van der Waals surface area contributed by atoms with Gasteiger partial charge in [-0.1, -0.05) is 24.3 Å². The van der Waals surface area contributed by atoms with Crippen molar-refractivity contribution in [3.05, 3.63) is 54.1 Å². The van der Waals surface area contributed by atoms with Crippen molar-refractivity contribution in [2.24, 2.45) is 0 Å². The van der Waals surface area contributed by atoms with Gasteiger partial charge in [0.25, 0.3) is 5.91 Å². The summed E-state index contributed by atoms with van der Waals surface area (Å²) in [5.74, 6) is 0.587. The number of methoxy groups -OCH3 is 1. The molecule has 136 valence electrons. The Balaban J connectivity index is 1.70. The number of amides is 2. The monoisotopic (exact) mass is 353 g/mol. The average molecular weight is 353 g/mol. The minimum atomic E-state index is -0.189. The van der Waals surface area contributed by atoms with Crippen LogP contribution < -0.4 is 15.0 Å². The van der Waals surface area contributed by atoms with E-state index in [2.05, 4.69) is 10.2 Å². The molecule has 0 aliphatic carbocycles. The van der Waals surface area contributed by atoms with Crippen LogP contribution in [0.2, 0.25) is 0 Å². The van der Waals surface area contributed by atoms with Crippen LogP contribution in [0.4, 0.5) is 11.4 Å². The summed E-state index contributed by atoms with van der Waals surface area (Å²) in [6.45, 7) is 4.13. The maximum absolute atomic E-state index is 12.9. The standard InChI is InChI=1S/C20H23N3O3/c1-15(24)21-17-8-4-3-7-16(17)20(25)23-13-11-22(12-14-23)18-9-5-6-10-19(18)26-2/h3-10H,11-14H2,1-2H3,(H,21,24). The van der Waals surface area contributed by atoms with Crippen LogP contribution in [0.15, 0.2) is 48.5 Å². The summed E-state index contributed by atoms with van der Waals surface area (Å²) in [6.07, 6.45) is 0. The fourth-order valence-electron chi connectivity index (χ4n) is 3.18. The number of hydrogen-bond acceptors (Lipinski definition) is 4. The van der Waals surface area contributed by atoms with Gasteiger partial charge in [0.15, 0.2) is 0 Å². The zero-order valence-electron chi connectivity index (χ0n) is 15.1. The van der Waals surface area contributed by atoms with E-state index >= 15 is 0 Å². The van der Waals surface area contributed by atoms with E-state index in [1.165, 1.54) is 6.92 Å². The van der Waals surface area contributed by atoms with Crippen LogP contribution in [0.25, 0.3) is 0 Å². The second kappa shape index (κ2) is 7.91. The van der Waals surface area contributed by atoms with Gasteiger partial charge in [-0.05, 0) is 24.3 Å². The second-order valence-electron chi connectivity index (χ2n) is 6.18. The number of hydrogen-bond donors (Lipinski definition) is 1. The lowest BCUT2D eigenvalue weighted by molar-refractivity contribution is -0.114. The summed E-state index contributed by atoms with van der Waals surface area (Å²) >= 11 is 0. The van der Waals surface area contributed by atoms with E-state index in [-0.39, 0.29) is 11.8 Å². The Kier molecular flexibility index (Phi) is 5.41. The summed E-state index contributed by atoms with van der Waals surface area (Å²) in [5.41, 5.74) is 2.12. The Hall–Kier alpha value is -3.02. The molecule has 0 bridgehead atoms. The molecule has 0 spiro atoms. The van der Waals surface area contributed by atoms with E-state index < -0.39 is 0 Å². The van der Waals surface area contributed by atoms with Gasteiger partial charge in [0.1, 0.15) is 5.75 Å².